The molecule has 1 aromatic rings. The molecular formula is C11H17N5OS. The second-order valence-electron chi connectivity index (χ2n) is 4.36. The minimum Gasteiger partial charge on any atom is -0.301 e. The van der Waals surface area contributed by atoms with Crippen molar-refractivity contribution in [2.45, 2.75) is 43.4 Å². The fourth-order valence-corrected chi connectivity index (χ4v) is 2.65. The summed E-state index contributed by atoms with van der Waals surface area (Å²) >= 11 is 1.45. The number of hydrogen-bond acceptors (Lipinski definition) is 5. The summed E-state index contributed by atoms with van der Waals surface area (Å²) in [6.07, 6.45) is 3.09. The van der Waals surface area contributed by atoms with Gasteiger partial charge in [-0.05, 0) is 25.8 Å². The summed E-state index contributed by atoms with van der Waals surface area (Å²) in [6.45, 7) is 2.89. The first-order valence-corrected chi connectivity index (χ1v) is 7.17. The Morgan fingerprint density at radius 1 is 1.72 bits per heavy atom. The summed E-state index contributed by atoms with van der Waals surface area (Å²) in [6, 6.07) is 2.33. The van der Waals surface area contributed by atoms with E-state index in [1.54, 1.807) is 4.57 Å². The first-order valence-electron chi connectivity index (χ1n) is 6.19. The van der Waals surface area contributed by atoms with Crippen LogP contribution in [0.3, 0.4) is 0 Å². The Hall–Kier alpha value is -1.26. The molecule has 0 spiro atoms. The van der Waals surface area contributed by atoms with Gasteiger partial charge in [-0.1, -0.05) is 18.7 Å². The van der Waals surface area contributed by atoms with Gasteiger partial charge in [0.05, 0.1) is 6.07 Å². The van der Waals surface area contributed by atoms with Crippen LogP contribution in [0.5, 0.6) is 0 Å². The van der Waals surface area contributed by atoms with Crippen molar-refractivity contribution in [1.82, 2.24) is 20.1 Å². The fraction of sp³-hybridized carbons (Fsp3) is 0.727. The zero-order valence-corrected chi connectivity index (χ0v) is 11.2. The molecule has 1 unspecified atom stereocenters. The topological polar surface area (TPSA) is 86.5 Å². The minimum absolute atomic E-state index is 0.143. The molecule has 1 saturated carbocycles. The highest BCUT2D eigenvalue weighted by molar-refractivity contribution is 7.99. The van der Waals surface area contributed by atoms with E-state index in [1.807, 2.05) is 0 Å². The molecule has 0 bridgehead atoms. The highest BCUT2D eigenvalue weighted by Gasteiger charge is 2.28. The second-order valence-corrected chi connectivity index (χ2v) is 5.35. The van der Waals surface area contributed by atoms with Crippen molar-refractivity contribution in [3.8, 4) is 6.07 Å². The van der Waals surface area contributed by atoms with Gasteiger partial charge in [0.15, 0.2) is 5.16 Å². The van der Waals surface area contributed by atoms with Crippen molar-refractivity contribution < 1.29 is 0 Å². The third-order valence-corrected chi connectivity index (χ3v) is 3.81. The molecule has 0 aliphatic heterocycles. The van der Waals surface area contributed by atoms with Crippen LogP contribution in [-0.4, -0.2) is 33.1 Å². The van der Waals surface area contributed by atoms with Crippen LogP contribution in [0.25, 0.3) is 0 Å². The molecule has 98 valence electrons. The van der Waals surface area contributed by atoms with Crippen LogP contribution < -0.4 is 11.0 Å². The highest BCUT2D eigenvalue weighted by atomic mass is 32.2. The van der Waals surface area contributed by atoms with Crippen LogP contribution in [0.4, 0.5) is 0 Å². The van der Waals surface area contributed by atoms with E-state index in [4.69, 9.17) is 5.26 Å². The van der Waals surface area contributed by atoms with E-state index in [-0.39, 0.29) is 11.7 Å². The SMILES string of the molecule is CCCNC(C#N)CSc1n[nH]c(=O)n1C1CC1. The Balaban J connectivity index is 1.93. The molecule has 18 heavy (non-hydrogen) atoms. The van der Waals surface area contributed by atoms with Gasteiger partial charge in [-0.2, -0.15) is 5.26 Å². The fourth-order valence-electron chi connectivity index (χ4n) is 1.67. The number of aromatic amines is 1. The number of thioether (sulfide) groups is 1. The van der Waals surface area contributed by atoms with Crippen molar-refractivity contribution in [2.24, 2.45) is 0 Å². The van der Waals surface area contributed by atoms with Crippen molar-refractivity contribution in [3.63, 3.8) is 0 Å². The van der Waals surface area contributed by atoms with Crippen LogP contribution in [0.2, 0.25) is 0 Å². The van der Waals surface area contributed by atoms with E-state index < -0.39 is 0 Å². The van der Waals surface area contributed by atoms with Gasteiger partial charge in [-0.15, -0.1) is 5.10 Å². The van der Waals surface area contributed by atoms with Crippen LogP contribution in [0.15, 0.2) is 9.95 Å². The van der Waals surface area contributed by atoms with Crippen LogP contribution >= 0.6 is 11.8 Å². The molecule has 1 aliphatic carbocycles. The van der Waals surface area contributed by atoms with E-state index in [9.17, 15) is 4.79 Å². The lowest BCUT2D eigenvalue weighted by Gasteiger charge is -2.09. The molecule has 1 fully saturated rings. The lowest BCUT2D eigenvalue weighted by molar-refractivity contribution is 0.628. The van der Waals surface area contributed by atoms with E-state index in [0.717, 1.165) is 25.8 Å². The van der Waals surface area contributed by atoms with Gasteiger partial charge >= 0.3 is 5.69 Å². The monoisotopic (exact) mass is 267 g/mol. The zero-order chi connectivity index (χ0) is 13.0. The summed E-state index contributed by atoms with van der Waals surface area (Å²) in [5, 5.41) is 19.3. The number of aromatic nitrogens is 3. The Labute approximate surface area is 110 Å². The Morgan fingerprint density at radius 2 is 2.50 bits per heavy atom. The van der Waals surface area contributed by atoms with E-state index in [1.165, 1.54) is 11.8 Å². The number of nitriles is 1. The number of nitrogens with one attached hydrogen (secondary N) is 2. The zero-order valence-electron chi connectivity index (χ0n) is 10.3. The van der Waals surface area contributed by atoms with Crippen molar-refractivity contribution in [1.29, 1.82) is 5.26 Å². The number of nitrogens with zero attached hydrogens (tertiary/aromatic N) is 3. The average molecular weight is 267 g/mol. The van der Waals surface area contributed by atoms with E-state index >= 15 is 0 Å². The molecule has 1 aliphatic rings. The predicted octanol–water partition coefficient (Wildman–Crippen LogP) is 0.890. The number of hydrogen-bond donors (Lipinski definition) is 2. The number of H-pyrrole nitrogens is 1. The van der Waals surface area contributed by atoms with Gasteiger partial charge in [-0.25, -0.2) is 9.89 Å². The molecule has 2 N–H and O–H groups in total. The van der Waals surface area contributed by atoms with Crippen molar-refractivity contribution in [3.05, 3.63) is 10.5 Å². The van der Waals surface area contributed by atoms with E-state index in [2.05, 4.69) is 28.5 Å². The Morgan fingerprint density at radius 3 is 3.11 bits per heavy atom. The first kappa shape index (κ1) is 13.2. The predicted molar refractivity (Wildman–Crippen MR) is 69.5 cm³/mol. The molecule has 0 saturated heterocycles. The van der Waals surface area contributed by atoms with Crippen molar-refractivity contribution in [2.75, 3.05) is 12.3 Å². The third-order valence-electron chi connectivity index (χ3n) is 2.76. The normalized spacial score (nSPS) is 16.4. The lowest BCUT2D eigenvalue weighted by atomic mass is 10.3. The third kappa shape index (κ3) is 3.15. The largest absolute Gasteiger partial charge is 0.344 e. The maximum atomic E-state index is 11.6. The van der Waals surface area contributed by atoms with Gasteiger partial charge in [-0.3, -0.25) is 4.57 Å². The molecule has 7 heteroatoms. The molecule has 0 aromatic carbocycles. The summed E-state index contributed by atoms with van der Waals surface area (Å²) in [4.78, 5) is 11.6. The smallest absolute Gasteiger partial charge is 0.301 e. The summed E-state index contributed by atoms with van der Waals surface area (Å²) in [5.74, 6) is 0.605. The average Bonchev–Trinajstić information content (AvgIpc) is 3.14. The Bertz CT molecular complexity index is 484. The second kappa shape index (κ2) is 6.07. The van der Waals surface area contributed by atoms with E-state index in [0.29, 0.717) is 17.0 Å². The molecule has 2 rings (SSSR count). The van der Waals surface area contributed by atoms with Crippen LogP contribution in [-0.2, 0) is 0 Å². The Kier molecular flexibility index (Phi) is 4.44. The minimum atomic E-state index is -0.200. The molecule has 0 radical (unpaired) electrons. The molecule has 1 atom stereocenters. The maximum Gasteiger partial charge on any atom is 0.344 e. The summed E-state index contributed by atoms with van der Waals surface area (Å²) < 4.78 is 1.71. The summed E-state index contributed by atoms with van der Waals surface area (Å²) in [7, 11) is 0. The molecule has 1 aromatic heterocycles. The number of rotatable bonds is 7. The lowest BCUT2D eigenvalue weighted by Crippen LogP contribution is -2.30. The van der Waals surface area contributed by atoms with Gasteiger partial charge in [0.25, 0.3) is 0 Å². The highest BCUT2D eigenvalue weighted by Crippen LogP contribution is 2.36. The van der Waals surface area contributed by atoms with Crippen LogP contribution in [0, 0.1) is 11.3 Å². The van der Waals surface area contributed by atoms with Crippen molar-refractivity contribution >= 4 is 11.8 Å². The van der Waals surface area contributed by atoms with Gasteiger partial charge < -0.3 is 5.32 Å². The molecule has 6 nitrogen and oxygen atoms in total. The van der Waals surface area contributed by atoms with Gasteiger partial charge in [0.1, 0.15) is 6.04 Å². The van der Waals surface area contributed by atoms with Gasteiger partial charge in [0, 0.05) is 11.8 Å². The molecular weight excluding hydrogens is 250 g/mol. The quantitative estimate of drug-likeness (QED) is 0.716. The standard InChI is InChI=1S/C11H17N5OS/c1-2-5-13-8(6-12)7-18-11-15-14-10(17)16(11)9-3-4-9/h8-9,13H,2-5,7H2,1H3,(H,14,17). The summed E-state index contributed by atoms with van der Waals surface area (Å²) in [5.41, 5.74) is -0.143. The first-order chi connectivity index (χ1) is 8.76. The maximum absolute atomic E-state index is 11.6. The molecule has 0 amide bonds. The van der Waals surface area contributed by atoms with Gasteiger partial charge in [0.2, 0.25) is 0 Å². The van der Waals surface area contributed by atoms with Crippen LogP contribution in [0.1, 0.15) is 32.2 Å². The molecule has 1 heterocycles.